The molecule has 6 heteroatoms. The molecule has 1 aromatic carbocycles. The van der Waals surface area contributed by atoms with Gasteiger partial charge in [0.2, 0.25) is 10.0 Å². The van der Waals surface area contributed by atoms with E-state index in [0.29, 0.717) is 5.92 Å². The summed E-state index contributed by atoms with van der Waals surface area (Å²) in [4.78, 5) is 0.277. The molecular weight excluding hydrogens is 363 g/mol. The Kier molecular flexibility index (Phi) is 6.03. The van der Waals surface area contributed by atoms with Crippen LogP contribution in [-0.2, 0) is 10.0 Å². The van der Waals surface area contributed by atoms with Crippen LogP contribution < -0.4 is 10.5 Å². The van der Waals surface area contributed by atoms with Crippen LogP contribution in [0.4, 0.5) is 0 Å². The second-order valence-electron chi connectivity index (χ2n) is 4.70. The minimum atomic E-state index is -3.44. The first-order chi connectivity index (χ1) is 8.31. The molecule has 0 spiro atoms. The van der Waals surface area contributed by atoms with E-state index in [1.807, 2.05) is 0 Å². The summed E-state index contributed by atoms with van der Waals surface area (Å²) in [6.07, 6.45) is 0.801. The van der Waals surface area contributed by atoms with Crippen molar-refractivity contribution >= 4 is 32.6 Å². The molecule has 0 radical (unpaired) electrons. The first-order valence-electron chi connectivity index (χ1n) is 5.82. The Labute approximate surface area is 123 Å². The number of hydrogen-bond donors (Lipinski definition) is 2. The van der Waals surface area contributed by atoms with Gasteiger partial charge in [-0.15, -0.1) is 0 Å². The fourth-order valence-electron chi connectivity index (χ4n) is 1.60. The van der Waals surface area contributed by atoms with E-state index in [2.05, 4.69) is 41.2 Å². The van der Waals surface area contributed by atoms with Gasteiger partial charge in [-0.05, 0) is 59.2 Å². The van der Waals surface area contributed by atoms with Crippen molar-refractivity contribution in [2.24, 2.45) is 11.7 Å². The summed E-state index contributed by atoms with van der Waals surface area (Å²) < 4.78 is 27.5. The topological polar surface area (TPSA) is 72.2 Å². The van der Waals surface area contributed by atoms with E-state index in [1.165, 1.54) is 0 Å². The molecule has 0 aromatic heterocycles. The average Bonchev–Trinajstić information content (AvgIpc) is 2.26. The van der Waals surface area contributed by atoms with Crippen LogP contribution in [0.1, 0.15) is 20.3 Å². The molecule has 1 unspecified atom stereocenters. The molecule has 0 aliphatic heterocycles. The molecule has 0 heterocycles. The summed E-state index contributed by atoms with van der Waals surface area (Å²) in [6.45, 7) is 4.40. The van der Waals surface area contributed by atoms with Crippen molar-refractivity contribution in [1.82, 2.24) is 4.72 Å². The summed E-state index contributed by atoms with van der Waals surface area (Å²) in [5.41, 5.74) is 5.86. The summed E-state index contributed by atoms with van der Waals surface area (Å²) >= 11 is 2.13. The lowest BCUT2D eigenvalue weighted by Crippen LogP contribution is -2.37. The number of rotatable bonds is 6. The second-order valence-corrected chi connectivity index (χ2v) is 7.71. The van der Waals surface area contributed by atoms with Crippen molar-refractivity contribution in [1.29, 1.82) is 0 Å². The van der Waals surface area contributed by atoms with Gasteiger partial charge in [0.05, 0.1) is 4.90 Å². The average molecular weight is 382 g/mol. The van der Waals surface area contributed by atoms with Crippen LogP contribution in [0.3, 0.4) is 0 Å². The minimum absolute atomic E-state index is 0.149. The SMILES string of the molecule is CC(C)CC(N)CNS(=O)(=O)c1ccc(I)cc1. The van der Waals surface area contributed by atoms with Gasteiger partial charge >= 0.3 is 0 Å². The third-order valence-corrected chi connectivity index (χ3v) is 4.59. The first-order valence-corrected chi connectivity index (χ1v) is 8.38. The fraction of sp³-hybridized carbons (Fsp3) is 0.500. The number of halogens is 1. The van der Waals surface area contributed by atoms with Crippen LogP contribution in [0.25, 0.3) is 0 Å². The van der Waals surface area contributed by atoms with Crippen molar-refractivity contribution in [3.05, 3.63) is 27.8 Å². The van der Waals surface area contributed by atoms with Gasteiger partial charge < -0.3 is 5.73 Å². The Morgan fingerprint density at radius 3 is 2.33 bits per heavy atom. The second kappa shape index (κ2) is 6.83. The number of nitrogens with one attached hydrogen (secondary N) is 1. The zero-order chi connectivity index (χ0) is 13.8. The lowest BCUT2D eigenvalue weighted by molar-refractivity contribution is 0.486. The third kappa shape index (κ3) is 5.21. The smallest absolute Gasteiger partial charge is 0.240 e. The van der Waals surface area contributed by atoms with E-state index >= 15 is 0 Å². The van der Waals surface area contributed by atoms with Gasteiger partial charge in [-0.1, -0.05) is 13.8 Å². The van der Waals surface area contributed by atoms with Crippen molar-refractivity contribution in [3.8, 4) is 0 Å². The van der Waals surface area contributed by atoms with E-state index < -0.39 is 10.0 Å². The van der Waals surface area contributed by atoms with Gasteiger partial charge in [0.25, 0.3) is 0 Å². The molecule has 3 N–H and O–H groups in total. The van der Waals surface area contributed by atoms with Crippen molar-refractivity contribution < 1.29 is 8.42 Å². The Morgan fingerprint density at radius 2 is 1.83 bits per heavy atom. The molecule has 0 saturated heterocycles. The molecular formula is C12H19IN2O2S. The number of nitrogens with two attached hydrogens (primary N) is 1. The molecule has 0 amide bonds. The Hall–Kier alpha value is -0.180. The van der Waals surface area contributed by atoms with Gasteiger partial charge in [-0.2, -0.15) is 0 Å². The van der Waals surface area contributed by atoms with Gasteiger partial charge in [0, 0.05) is 16.2 Å². The monoisotopic (exact) mass is 382 g/mol. The molecule has 18 heavy (non-hydrogen) atoms. The molecule has 0 saturated carbocycles. The summed E-state index contributed by atoms with van der Waals surface area (Å²) in [7, 11) is -3.44. The predicted molar refractivity (Wildman–Crippen MR) is 81.8 cm³/mol. The zero-order valence-corrected chi connectivity index (χ0v) is 13.5. The molecule has 1 rings (SSSR count). The van der Waals surface area contributed by atoms with E-state index in [9.17, 15) is 8.42 Å². The summed E-state index contributed by atoms with van der Waals surface area (Å²) in [5, 5.41) is 0. The van der Waals surface area contributed by atoms with Gasteiger partial charge in [0.1, 0.15) is 0 Å². The molecule has 0 aliphatic rings. The number of benzene rings is 1. The zero-order valence-electron chi connectivity index (χ0n) is 10.6. The lowest BCUT2D eigenvalue weighted by atomic mass is 10.1. The normalized spacial score (nSPS) is 13.8. The maximum atomic E-state index is 12.0. The van der Waals surface area contributed by atoms with Crippen molar-refractivity contribution in [2.75, 3.05) is 6.54 Å². The number of hydrogen-bond acceptors (Lipinski definition) is 3. The van der Waals surface area contributed by atoms with Crippen LogP contribution in [0.5, 0.6) is 0 Å². The van der Waals surface area contributed by atoms with Crippen LogP contribution >= 0.6 is 22.6 Å². The fourth-order valence-corrected chi connectivity index (χ4v) is 3.06. The lowest BCUT2D eigenvalue weighted by Gasteiger charge is -2.15. The largest absolute Gasteiger partial charge is 0.327 e. The highest BCUT2D eigenvalue weighted by atomic mass is 127. The van der Waals surface area contributed by atoms with E-state index in [0.717, 1.165) is 9.99 Å². The first kappa shape index (κ1) is 15.9. The van der Waals surface area contributed by atoms with Gasteiger partial charge in [0.15, 0.2) is 0 Å². The van der Waals surface area contributed by atoms with Gasteiger partial charge in [-0.3, -0.25) is 0 Å². The standard InChI is InChI=1S/C12H19IN2O2S/c1-9(2)7-11(14)8-15-18(16,17)12-5-3-10(13)4-6-12/h3-6,9,11,15H,7-8,14H2,1-2H3. The Balaban J connectivity index is 2.63. The Morgan fingerprint density at radius 1 is 1.28 bits per heavy atom. The van der Waals surface area contributed by atoms with Crippen LogP contribution in [0.15, 0.2) is 29.2 Å². The highest BCUT2D eigenvalue weighted by Gasteiger charge is 2.15. The predicted octanol–water partition coefficient (Wildman–Crippen LogP) is 1.94. The maximum Gasteiger partial charge on any atom is 0.240 e. The van der Waals surface area contributed by atoms with Crippen molar-refractivity contribution in [2.45, 2.75) is 31.2 Å². The Bertz CT molecular complexity index is 471. The maximum absolute atomic E-state index is 12.0. The number of sulfonamides is 1. The van der Waals surface area contributed by atoms with Gasteiger partial charge in [-0.25, -0.2) is 13.1 Å². The van der Waals surface area contributed by atoms with Crippen LogP contribution in [0.2, 0.25) is 0 Å². The summed E-state index contributed by atoms with van der Waals surface area (Å²) in [6, 6.07) is 6.58. The highest BCUT2D eigenvalue weighted by molar-refractivity contribution is 14.1. The third-order valence-electron chi connectivity index (χ3n) is 2.43. The molecule has 0 aliphatic carbocycles. The molecule has 1 aromatic rings. The van der Waals surface area contributed by atoms with Crippen molar-refractivity contribution in [3.63, 3.8) is 0 Å². The molecule has 0 fully saturated rings. The quantitative estimate of drug-likeness (QED) is 0.739. The van der Waals surface area contributed by atoms with E-state index in [1.54, 1.807) is 24.3 Å². The summed E-state index contributed by atoms with van der Waals surface area (Å²) in [5.74, 6) is 0.461. The van der Waals surface area contributed by atoms with E-state index in [-0.39, 0.29) is 17.5 Å². The highest BCUT2D eigenvalue weighted by Crippen LogP contribution is 2.12. The molecule has 1 atom stereocenters. The molecule has 4 nitrogen and oxygen atoms in total. The molecule has 102 valence electrons. The van der Waals surface area contributed by atoms with Crippen LogP contribution in [0, 0.1) is 9.49 Å². The van der Waals surface area contributed by atoms with Crippen LogP contribution in [-0.4, -0.2) is 21.0 Å². The molecule has 0 bridgehead atoms. The minimum Gasteiger partial charge on any atom is -0.327 e. The van der Waals surface area contributed by atoms with E-state index in [4.69, 9.17) is 5.73 Å².